The van der Waals surface area contributed by atoms with Gasteiger partial charge in [0.1, 0.15) is 0 Å². The second kappa shape index (κ2) is 5.18. The van der Waals surface area contributed by atoms with E-state index >= 15 is 0 Å². The molecule has 0 atom stereocenters. The van der Waals surface area contributed by atoms with Crippen molar-refractivity contribution < 1.29 is 9.32 Å². The van der Waals surface area contributed by atoms with Crippen molar-refractivity contribution in [1.29, 1.82) is 0 Å². The van der Waals surface area contributed by atoms with E-state index in [0.717, 1.165) is 0 Å². The number of carbonyl (C=O) groups excluding carboxylic acids is 1. The lowest BCUT2D eigenvalue weighted by atomic mass is 10.3. The number of benzene rings is 1. The van der Waals surface area contributed by atoms with Gasteiger partial charge in [0.2, 0.25) is 0 Å². The van der Waals surface area contributed by atoms with Crippen LogP contribution in [0.15, 0.2) is 58.0 Å². The fraction of sp³-hybridized carbons (Fsp3) is 0.0769. The summed E-state index contributed by atoms with van der Waals surface area (Å²) in [4.78, 5) is 23.5. The number of nitrogens with one attached hydrogen (secondary N) is 1. The van der Waals surface area contributed by atoms with Gasteiger partial charge in [0, 0.05) is 6.20 Å². The fourth-order valence-corrected chi connectivity index (χ4v) is 1.45. The highest BCUT2D eigenvalue weighted by molar-refractivity contribution is 5.82. The summed E-state index contributed by atoms with van der Waals surface area (Å²) in [6.07, 6.45) is 6.64. The Morgan fingerprint density at radius 3 is 2.83 bits per heavy atom. The van der Waals surface area contributed by atoms with Crippen LogP contribution in [0.1, 0.15) is 6.92 Å². The Bertz CT molecular complexity index is 677. The molecule has 0 fully saturated rings. The van der Waals surface area contributed by atoms with Crippen LogP contribution in [0.4, 0.5) is 4.79 Å². The van der Waals surface area contributed by atoms with Crippen molar-refractivity contribution in [3.63, 3.8) is 0 Å². The monoisotopic (exact) mass is 244 g/mol. The zero-order chi connectivity index (χ0) is 13.0. The van der Waals surface area contributed by atoms with E-state index in [2.05, 4.69) is 5.32 Å². The average Bonchev–Trinajstić information content (AvgIpc) is 2.73. The molecule has 0 saturated heterocycles. The number of fused-ring (bicyclic) bond motifs is 1. The number of rotatable bonds is 2. The van der Waals surface area contributed by atoms with Gasteiger partial charge in [0.05, 0.1) is 5.39 Å². The maximum Gasteiger partial charge on any atom is 0.362 e. The summed E-state index contributed by atoms with van der Waals surface area (Å²) >= 11 is 0. The number of allylic oxidation sites excluding steroid dienone is 3. The van der Waals surface area contributed by atoms with Gasteiger partial charge in [-0.15, -0.1) is 0 Å². The zero-order valence-electron chi connectivity index (χ0n) is 9.79. The van der Waals surface area contributed by atoms with Crippen molar-refractivity contribution in [2.75, 3.05) is 0 Å². The van der Waals surface area contributed by atoms with E-state index in [9.17, 15) is 9.59 Å². The second-order valence-corrected chi connectivity index (χ2v) is 3.52. The van der Waals surface area contributed by atoms with Gasteiger partial charge in [0.15, 0.2) is 5.58 Å². The van der Waals surface area contributed by atoms with E-state index in [1.807, 2.05) is 13.0 Å². The first-order valence-electron chi connectivity index (χ1n) is 5.44. The summed E-state index contributed by atoms with van der Waals surface area (Å²) in [5, 5.41) is 2.81. The van der Waals surface area contributed by atoms with Crippen LogP contribution in [-0.4, -0.2) is 10.8 Å². The molecule has 0 spiro atoms. The molecule has 5 heteroatoms. The van der Waals surface area contributed by atoms with Gasteiger partial charge >= 0.3 is 6.03 Å². The highest BCUT2D eigenvalue weighted by atomic mass is 16.5. The lowest BCUT2D eigenvalue weighted by Crippen LogP contribution is -2.30. The smallest absolute Gasteiger partial charge is 0.362 e. The molecule has 0 aliphatic carbocycles. The van der Waals surface area contributed by atoms with Gasteiger partial charge < -0.3 is 9.84 Å². The average molecular weight is 244 g/mol. The van der Waals surface area contributed by atoms with Gasteiger partial charge in [-0.2, -0.15) is 0 Å². The third kappa shape index (κ3) is 2.24. The molecule has 0 radical (unpaired) electrons. The molecule has 2 rings (SSSR count). The minimum Gasteiger partial charge on any atom is -0.366 e. The van der Waals surface area contributed by atoms with Crippen LogP contribution in [0.5, 0.6) is 0 Å². The van der Waals surface area contributed by atoms with Crippen molar-refractivity contribution in [3.8, 4) is 0 Å². The Balaban J connectivity index is 2.28. The van der Waals surface area contributed by atoms with E-state index < -0.39 is 11.6 Å². The zero-order valence-corrected chi connectivity index (χ0v) is 9.79. The Kier molecular flexibility index (Phi) is 3.43. The molecule has 0 bridgehead atoms. The largest absolute Gasteiger partial charge is 0.366 e. The predicted molar refractivity (Wildman–Crippen MR) is 68.4 cm³/mol. The van der Waals surface area contributed by atoms with Gasteiger partial charge in [0.25, 0.3) is 5.56 Å². The molecule has 0 saturated carbocycles. The molecule has 1 amide bonds. The van der Waals surface area contributed by atoms with Crippen molar-refractivity contribution in [1.82, 2.24) is 10.1 Å². The maximum atomic E-state index is 11.8. The van der Waals surface area contributed by atoms with E-state index in [-0.39, 0.29) is 0 Å². The summed E-state index contributed by atoms with van der Waals surface area (Å²) in [6, 6.07) is 6.07. The minimum atomic E-state index is -0.628. The Morgan fingerprint density at radius 2 is 2.11 bits per heavy atom. The maximum absolute atomic E-state index is 11.8. The molecule has 0 aliphatic heterocycles. The molecule has 5 nitrogen and oxygen atoms in total. The molecule has 1 aromatic heterocycles. The Labute approximate surface area is 103 Å². The molecule has 1 heterocycles. The van der Waals surface area contributed by atoms with Crippen LogP contribution >= 0.6 is 0 Å². The fourth-order valence-electron chi connectivity index (χ4n) is 1.45. The molecule has 0 aliphatic rings. The van der Waals surface area contributed by atoms with Crippen LogP contribution in [0, 0.1) is 0 Å². The molecule has 18 heavy (non-hydrogen) atoms. The minimum absolute atomic E-state index is 0.380. The molecule has 1 aromatic carbocycles. The lowest BCUT2D eigenvalue weighted by Gasteiger charge is -1.95. The summed E-state index contributed by atoms with van der Waals surface area (Å²) in [6.45, 7) is 1.86. The van der Waals surface area contributed by atoms with Crippen LogP contribution < -0.4 is 10.9 Å². The van der Waals surface area contributed by atoms with Gasteiger partial charge in [-0.1, -0.05) is 29.0 Å². The first-order valence-corrected chi connectivity index (χ1v) is 5.44. The number of nitrogens with zero attached hydrogens (tertiary/aromatic N) is 1. The van der Waals surface area contributed by atoms with Crippen molar-refractivity contribution in [3.05, 3.63) is 59.0 Å². The van der Waals surface area contributed by atoms with Gasteiger partial charge in [-0.25, -0.2) is 4.79 Å². The number of aromatic nitrogens is 1. The summed E-state index contributed by atoms with van der Waals surface area (Å²) in [7, 11) is 0. The van der Waals surface area contributed by atoms with E-state index in [1.165, 1.54) is 6.20 Å². The lowest BCUT2D eigenvalue weighted by molar-refractivity contribution is 0.217. The normalized spacial score (nSPS) is 11.6. The molecule has 2 aromatic rings. The van der Waals surface area contributed by atoms with Crippen LogP contribution in [0.25, 0.3) is 11.0 Å². The van der Waals surface area contributed by atoms with Crippen molar-refractivity contribution in [2.24, 2.45) is 0 Å². The molecule has 1 N–H and O–H groups in total. The van der Waals surface area contributed by atoms with Gasteiger partial charge in [-0.05, 0) is 25.1 Å². The number of carbonyl (C=O) groups is 1. The quantitative estimate of drug-likeness (QED) is 0.824. The van der Waals surface area contributed by atoms with Gasteiger partial charge in [-0.3, -0.25) is 4.79 Å². The Hall–Kier alpha value is -2.56. The predicted octanol–water partition coefficient (Wildman–Crippen LogP) is 2.24. The highest BCUT2D eigenvalue weighted by Gasteiger charge is 2.13. The number of para-hydroxylation sites is 1. The molecular formula is C13H12N2O3. The van der Waals surface area contributed by atoms with Crippen molar-refractivity contribution >= 4 is 17.0 Å². The summed E-state index contributed by atoms with van der Waals surface area (Å²) < 4.78 is 5.86. The number of hydrogen-bond acceptors (Lipinski definition) is 3. The van der Waals surface area contributed by atoms with E-state index in [1.54, 1.807) is 36.4 Å². The third-order valence-corrected chi connectivity index (χ3v) is 2.28. The first-order chi connectivity index (χ1) is 8.74. The van der Waals surface area contributed by atoms with Crippen LogP contribution in [0.2, 0.25) is 0 Å². The molecule has 92 valence electrons. The van der Waals surface area contributed by atoms with Crippen LogP contribution in [0.3, 0.4) is 0 Å². The SMILES string of the molecule is CC=CC=CNC(=O)n1oc2ccccc2c1=O. The number of amides is 1. The third-order valence-electron chi connectivity index (χ3n) is 2.28. The summed E-state index contributed by atoms with van der Waals surface area (Å²) in [5.41, 5.74) is -0.0855. The van der Waals surface area contributed by atoms with E-state index in [0.29, 0.717) is 15.7 Å². The van der Waals surface area contributed by atoms with Crippen molar-refractivity contribution in [2.45, 2.75) is 6.92 Å². The molecule has 0 unspecified atom stereocenters. The Morgan fingerprint density at radius 1 is 1.33 bits per heavy atom. The first kappa shape index (κ1) is 11.9. The highest BCUT2D eigenvalue weighted by Crippen LogP contribution is 2.08. The second-order valence-electron chi connectivity index (χ2n) is 3.52. The topological polar surface area (TPSA) is 64.2 Å². The summed E-state index contributed by atoms with van der Waals surface area (Å²) in [5.74, 6) is 0. The molecular weight excluding hydrogens is 232 g/mol. The number of hydrogen-bond donors (Lipinski definition) is 1. The van der Waals surface area contributed by atoms with E-state index in [4.69, 9.17) is 4.52 Å². The standard InChI is InChI=1S/C13H12N2O3/c1-2-3-6-9-14-13(17)15-12(16)10-7-4-5-8-11(10)18-15/h2-9H,1H3,(H,14,17). The van der Waals surface area contributed by atoms with Crippen LogP contribution in [-0.2, 0) is 0 Å².